The molecular weight excluding hydrogens is 102 g/mol. The van der Waals surface area contributed by atoms with Crippen molar-refractivity contribution in [1.82, 2.24) is 0 Å². The summed E-state index contributed by atoms with van der Waals surface area (Å²) in [6.07, 6.45) is 0. The number of hydrogen-bond acceptors (Lipinski definition) is 2. The van der Waals surface area contributed by atoms with Crippen LogP contribution in [0, 0.1) is 0 Å². The van der Waals surface area contributed by atoms with E-state index < -0.39 is 0 Å². The van der Waals surface area contributed by atoms with Crippen LogP contribution in [0.1, 0.15) is 13.8 Å². The highest BCUT2D eigenvalue weighted by molar-refractivity contribution is 5.79. The molecule has 0 spiro atoms. The van der Waals surface area contributed by atoms with Gasteiger partial charge in [-0.15, -0.1) is 0 Å². The molecule has 0 radical (unpaired) electrons. The van der Waals surface area contributed by atoms with Crippen LogP contribution in [0.4, 0.5) is 0 Å². The van der Waals surface area contributed by atoms with Crippen LogP contribution in [-0.4, -0.2) is 12.8 Å². The summed E-state index contributed by atoms with van der Waals surface area (Å²) in [5.41, 5.74) is 0.955. The van der Waals surface area contributed by atoms with Gasteiger partial charge in [-0.05, 0) is 20.4 Å². The smallest absolute Gasteiger partial charge is 0.205 e. The second-order valence-corrected chi connectivity index (χ2v) is 1.66. The average molecular weight is 113 g/mol. The first-order chi connectivity index (χ1) is 3.66. The topological polar surface area (TPSA) is 21.6 Å². The van der Waals surface area contributed by atoms with Gasteiger partial charge in [-0.3, -0.25) is 0 Å². The van der Waals surface area contributed by atoms with Gasteiger partial charge < -0.3 is 4.74 Å². The molecule has 0 aromatic carbocycles. The first kappa shape index (κ1) is 7.21. The van der Waals surface area contributed by atoms with Crippen molar-refractivity contribution >= 4 is 5.71 Å². The lowest BCUT2D eigenvalue weighted by atomic mass is 10.5. The molecule has 0 aliphatic carbocycles. The van der Waals surface area contributed by atoms with Crippen molar-refractivity contribution in [3.63, 3.8) is 0 Å². The number of methoxy groups -OCH3 is 1. The van der Waals surface area contributed by atoms with E-state index in [-0.39, 0.29) is 0 Å². The molecule has 0 heterocycles. The second kappa shape index (κ2) is 3.24. The quantitative estimate of drug-likeness (QED) is 0.393. The normalized spacial score (nSPS) is 7.88. The van der Waals surface area contributed by atoms with Crippen molar-refractivity contribution in [2.45, 2.75) is 13.8 Å². The maximum atomic E-state index is 4.68. The Labute approximate surface area is 49.9 Å². The van der Waals surface area contributed by atoms with Crippen molar-refractivity contribution in [3.05, 3.63) is 12.5 Å². The average Bonchev–Trinajstić information content (AvgIpc) is 1.65. The number of aliphatic imine (C=N–C) groups is 1. The van der Waals surface area contributed by atoms with E-state index in [2.05, 4.69) is 16.3 Å². The van der Waals surface area contributed by atoms with Crippen molar-refractivity contribution in [2.75, 3.05) is 7.11 Å². The molecular formula is C6H11NO. The van der Waals surface area contributed by atoms with Gasteiger partial charge in [0, 0.05) is 5.71 Å². The fourth-order valence-electron chi connectivity index (χ4n) is 0.295. The van der Waals surface area contributed by atoms with Gasteiger partial charge in [0.2, 0.25) is 5.88 Å². The predicted molar refractivity (Wildman–Crippen MR) is 34.9 cm³/mol. The van der Waals surface area contributed by atoms with Gasteiger partial charge in [-0.25, -0.2) is 4.99 Å². The van der Waals surface area contributed by atoms with E-state index in [4.69, 9.17) is 0 Å². The molecule has 0 bridgehead atoms. The van der Waals surface area contributed by atoms with E-state index in [9.17, 15) is 0 Å². The Bertz CT molecular complexity index is 112. The Morgan fingerprint density at radius 3 is 2.12 bits per heavy atom. The van der Waals surface area contributed by atoms with Gasteiger partial charge in [-0.2, -0.15) is 0 Å². The zero-order chi connectivity index (χ0) is 6.57. The molecule has 0 rings (SSSR count). The van der Waals surface area contributed by atoms with Crippen molar-refractivity contribution < 1.29 is 4.74 Å². The van der Waals surface area contributed by atoms with E-state index in [0.29, 0.717) is 5.88 Å². The minimum atomic E-state index is 0.463. The molecule has 0 aromatic heterocycles. The molecule has 0 aliphatic heterocycles. The number of rotatable bonds is 2. The third-order valence-corrected chi connectivity index (χ3v) is 0.584. The molecule has 0 atom stereocenters. The molecule has 0 N–H and O–H groups in total. The number of ether oxygens (including phenoxy) is 1. The Morgan fingerprint density at radius 1 is 1.50 bits per heavy atom. The number of nitrogens with zero attached hydrogens (tertiary/aromatic N) is 1. The van der Waals surface area contributed by atoms with E-state index in [1.807, 2.05) is 13.8 Å². The summed E-state index contributed by atoms with van der Waals surface area (Å²) in [7, 11) is 1.55. The third kappa shape index (κ3) is 3.40. The monoisotopic (exact) mass is 113 g/mol. The lowest BCUT2D eigenvalue weighted by Gasteiger charge is -1.94. The van der Waals surface area contributed by atoms with E-state index in [1.54, 1.807) is 7.11 Å². The standard InChI is InChI=1S/C6H11NO/c1-5(2)7-6(3)8-4/h3H2,1-2,4H3. The van der Waals surface area contributed by atoms with Crippen molar-refractivity contribution in [1.29, 1.82) is 0 Å². The molecule has 0 aliphatic rings. The van der Waals surface area contributed by atoms with Crippen LogP contribution in [0.25, 0.3) is 0 Å². The third-order valence-electron chi connectivity index (χ3n) is 0.584. The summed E-state index contributed by atoms with van der Waals surface area (Å²) in [5.74, 6) is 0.463. The van der Waals surface area contributed by atoms with Crippen LogP contribution >= 0.6 is 0 Å². The highest BCUT2D eigenvalue weighted by Crippen LogP contribution is 1.91. The maximum Gasteiger partial charge on any atom is 0.205 e. The Morgan fingerprint density at radius 2 is 2.00 bits per heavy atom. The predicted octanol–water partition coefficient (Wildman–Crippen LogP) is 1.58. The van der Waals surface area contributed by atoms with Crippen LogP contribution in [0.3, 0.4) is 0 Å². The van der Waals surface area contributed by atoms with Crippen LogP contribution in [0.15, 0.2) is 17.5 Å². The Hall–Kier alpha value is -0.790. The van der Waals surface area contributed by atoms with E-state index in [1.165, 1.54) is 0 Å². The maximum absolute atomic E-state index is 4.68. The first-order valence-electron chi connectivity index (χ1n) is 2.41. The van der Waals surface area contributed by atoms with Crippen LogP contribution in [-0.2, 0) is 4.74 Å². The summed E-state index contributed by atoms with van der Waals surface area (Å²) in [5, 5.41) is 0. The van der Waals surface area contributed by atoms with Gasteiger partial charge in [0.15, 0.2) is 0 Å². The Kier molecular flexibility index (Phi) is 2.92. The fraction of sp³-hybridized carbons (Fsp3) is 0.500. The summed E-state index contributed by atoms with van der Waals surface area (Å²) >= 11 is 0. The molecule has 2 heteroatoms. The number of hydrogen-bond donors (Lipinski definition) is 0. The van der Waals surface area contributed by atoms with Crippen LogP contribution in [0.2, 0.25) is 0 Å². The van der Waals surface area contributed by atoms with E-state index >= 15 is 0 Å². The molecule has 0 saturated heterocycles. The zero-order valence-electron chi connectivity index (χ0n) is 5.56. The van der Waals surface area contributed by atoms with Gasteiger partial charge >= 0.3 is 0 Å². The van der Waals surface area contributed by atoms with Crippen LogP contribution < -0.4 is 0 Å². The van der Waals surface area contributed by atoms with Gasteiger partial charge in [0.05, 0.1) is 7.11 Å². The van der Waals surface area contributed by atoms with Crippen LogP contribution in [0.5, 0.6) is 0 Å². The van der Waals surface area contributed by atoms with Crippen molar-refractivity contribution in [2.24, 2.45) is 4.99 Å². The van der Waals surface area contributed by atoms with Gasteiger partial charge in [-0.1, -0.05) is 0 Å². The lowest BCUT2D eigenvalue weighted by Crippen LogP contribution is -1.84. The molecule has 8 heavy (non-hydrogen) atoms. The van der Waals surface area contributed by atoms with Gasteiger partial charge in [0.25, 0.3) is 0 Å². The Balaban J connectivity index is 3.70. The minimum absolute atomic E-state index is 0.463. The summed E-state index contributed by atoms with van der Waals surface area (Å²) in [4.78, 5) is 3.90. The summed E-state index contributed by atoms with van der Waals surface area (Å²) in [6, 6.07) is 0. The molecule has 0 fully saturated rings. The fourth-order valence-corrected chi connectivity index (χ4v) is 0.295. The molecule has 0 saturated carbocycles. The molecule has 2 nitrogen and oxygen atoms in total. The summed E-state index contributed by atoms with van der Waals surface area (Å²) < 4.78 is 4.68. The highest BCUT2D eigenvalue weighted by Gasteiger charge is 1.82. The minimum Gasteiger partial charge on any atom is -0.481 e. The molecule has 0 unspecified atom stereocenters. The largest absolute Gasteiger partial charge is 0.481 e. The lowest BCUT2D eigenvalue weighted by molar-refractivity contribution is 0.290. The molecule has 46 valence electrons. The molecule has 0 amide bonds. The SMILES string of the molecule is C=C(N=C(C)C)OC. The first-order valence-corrected chi connectivity index (χ1v) is 2.41. The second-order valence-electron chi connectivity index (χ2n) is 1.66. The van der Waals surface area contributed by atoms with Gasteiger partial charge in [0.1, 0.15) is 0 Å². The van der Waals surface area contributed by atoms with E-state index in [0.717, 1.165) is 5.71 Å². The van der Waals surface area contributed by atoms with Crippen molar-refractivity contribution in [3.8, 4) is 0 Å². The zero-order valence-corrected chi connectivity index (χ0v) is 5.56. The summed E-state index contributed by atoms with van der Waals surface area (Å²) in [6.45, 7) is 7.29. The molecule has 0 aromatic rings. The highest BCUT2D eigenvalue weighted by atomic mass is 16.5.